The molecule has 1 saturated heterocycles. The molecule has 2 aromatic rings. The standard InChI is InChI=1S/C20H26FN3O3S/c1-19(2,3)27-18(25)24-14(10-21)16(26-20(24,4)5)13-8-6-12(7-9-13)15-11-23-17(22)28-15/h6-9,11,14,16H,10H2,1-5H3,(H2,22,23). The second-order valence-electron chi connectivity index (χ2n) is 8.24. The minimum Gasteiger partial charge on any atom is -0.444 e. The fourth-order valence-corrected chi connectivity index (χ4v) is 4.04. The summed E-state index contributed by atoms with van der Waals surface area (Å²) in [6.45, 7) is 8.09. The van der Waals surface area contributed by atoms with Crippen molar-refractivity contribution in [3.05, 3.63) is 36.0 Å². The SMILES string of the molecule is CC(C)(C)OC(=O)N1C(CF)C(c2ccc(-c3cnc(N)s3)cc2)OC1(C)C. The van der Waals surface area contributed by atoms with E-state index in [0.29, 0.717) is 5.13 Å². The molecule has 28 heavy (non-hydrogen) atoms. The number of anilines is 1. The highest BCUT2D eigenvalue weighted by atomic mass is 32.1. The molecule has 6 nitrogen and oxygen atoms in total. The quantitative estimate of drug-likeness (QED) is 0.793. The summed E-state index contributed by atoms with van der Waals surface area (Å²) in [7, 11) is 0. The van der Waals surface area contributed by atoms with Gasteiger partial charge in [-0.3, -0.25) is 4.90 Å². The van der Waals surface area contributed by atoms with E-state index in [9.17, 15) is 9.18 Å². The number of carbonyl (C=O) groups is 1. The summed E-state index contributed by atoms with van der Waals surface area (Å²) in [6, 6.07) is 6.84. The largest absolute Gasteiger partial charge is 0.444 e. The maximum Gasteiger partial charge on any atom is 0.413 e. The molecule has 0 saturated carbocycles. The lowest BCUT2D eigenvalue weighted by Gasteiger charge is -2.34. The van der Waals surface area contributed by atoms with Gasteiger partial charge in [0.15, 0.2) is 5.13 Å². The molecule has 8 heteroatoms. The number of hydrogen-bond acceptors (Lipinski definition) is 6. The smallest absolute Gasteiger partial charge is 0.413 e. The Balaban J connectivity index is 1.86. The van der Waals surface area contributed by atoms with Crippen molar-refractivity contribution < 1.29 is 18.7 Å². The number of rotatable bonds is 3. The molecule has 0 spiro atoms. The molecule has 2 unspecified atom stereocenters. The molecule has 2 atom stereocenters. The van der Waals surface area contributed by atoms with Gasteiger partial charge in [0.1, 0.15) is 24.1 Å². The zero-order chi connectivity index (χ0) is 20.7. The van der Waals surface area contributed by atoms with Gasteiger partial charge in [-0.05, 0) is 45.7 Å². The van der Waals surface area contributed by atoms with E-state index in [4.69, 9.17) is 15.2 Å². The van der Waals surface area contributed by atoms with Crippen LogP contribution in [0.25, 0.3) is 10.4 Å². The molecule has 1 aromatic carbocycles. The lowest BCUT2D eigenvalue weighted by atomic mass is 10.0. The van der Waals surface area contributed by atoms with Crippen molar-refractivity contribution in [1.29, 1.82) is 0 Å². The van der Waals surface area contributed by atoms with Crippen LogP contribution in [-0.2, 0) is 9.47 Å². The monoisotopic (exact) mass is 407 g/mol. The highest BCUT2D eigenvalue weighted by Crippen LogP contribution is 2.42. The Bertz CT molecular complexity index is 845. The van der Waals surface area contributed by atoms with Gasteiger partial charge in [-0.1, -0.05) is 35.6 Å². The fraction of sp³-hybridized carbons (Fsp3) is 0.500. The summed E-state index contributed by atoms with van der Waals surface area (Å²) in [5, 5.41) is 0.505. The number of hydrogen-bond donors (Lipinski definition) is 1. The Labute approximate surface area is 168 Å². The van der Waals surface area contributed by atoms with Gasteiger partial charge in [-0.2, -0.15) is 0 Å². The fourth-order valence-electron chi connectivity index (χ4n) is 3.35. The number of ether oxygens (including phenoxy) is 2. The topological polar surface area (TPSA) is 77.7 Å². The molecule has 0 radical (unpaired) electrons. The van der Waals surface area contributed by atoms with E-state index in [1.54, 1.807) is 40.8 Å². The van der Waals surface area contributed by atoms with Gasteiger partial charge in [-0.15, -0.1) is 0 Å². The maximum absolute atomic E-state index is 14.0. The summed E-state index contributed by atoms with van der Waals surface area (Å²) >= 11 is 1.40. The number of thiazole rings is 1. The van der Waals surface area contributed by atoms with Gasteiger partial charge in [0.2, 0.25) is 0 Å². The number of carbonyl (C=O) groups excluding carboxylic acids is 1. The van der Waals surface area contributed by atoms with Crippen molar-refractivity contribution in [1.82, 2.24) is 9.88 Å². The van der Waals surface area contributed by atoms with Crippen molar-refractivity contribution in [2.45, 2.75) is 58.1 Å². The average Bonchev–Trinajstić information content (AvgIpc) is 3.13. The normalized spacial score (nSPS) is 21.7. The molecule has 1 amide bonds. The minimum absolute atomic E-state index is 0.505. The van der Waals surface area contributed by atoms with Crippen molar-refractivity contribution in [2.24, 2.45) is 0 Å². The number of benzene rings is 1. The lowest BCUT2D eigenvalue weighted by Crippen LogP contribution is -2.50. The molecule has 2 heterocycles. The number of amides is 1. The van der Waals surface area contributed by atoms with Gasteiger partial charge in [0, 0.05) is 6.20 Å². The van der Waals surface area contributed by atoms with Crippen molar-refractivity contribution in [2.75, 3.05) is 12.4 Å². The van der Waals surface area contributed by atoms with E-state index in [1.807, 2.05) is 24.3 Å². The third kappa shape index (κ3) is 4.12. The second-order valence-corrected chi connectivity index (χ2v) is 9.30. The summed E-state index contributed by atoms with van der Waals surface area (Å²) in [6.07, 6.45) is 0.547. The molecular formula is C20H26FN3O3S. The third-order valence-electron chi connectivity index (χ3n) is 4.47. The first-order chi connectivity index (χ1) is 13.0. The summed E-state index contributed by atoms with van der Waals surface area (Å²) in [5.74, 6) is 0. The molecule has 1 aromatic heterocycles. The molecule has 1 aliphatic heterocycles. The van der Waals surface area contributed by atoms with Crippen LogP contribution in [0, 0.1) is 0 Å². The minimum atomic E-state index is -0.992. The molecule has 152 valence electrons. The Morgan fingerprint density at radius 2 is 2.00 bits per heavy atom. The van der Waals surface area contributed by atoms with E-state index in [0.717, 1.165) is 16.0 Å². The first kappa shape index (κ1) is 20.5. The van der Waals surface area contributed by atoms with E-state index >= 15 is 0 Å². The summed E-state index contributed by atoms with van der Waals surface area (Å²) in [4.78, 5) is 19.1. The van der Waals surface area contributed by atoms with Crippen LogP contribution in [0.1, 0.15) is 46.3 Å². The molecule has 3 rings (SSSR count). The predicted molar refractivity (Wildman–Crippen MR) is 108 cm³/mol. The average molecular weight is 408 g/mol. The molecule has 2 N–H and O–H groups in total. The van der Waals surface area contributed by atoms with Crippen LogP contribution in [0.4, 0.5) is 14.3 Å². The zero-order valence-corrected chi connectivity index (χ0v) is 17.5. The maximum atomic E-state index is 14.0. The highest BCUT2D eigenvalue weighted by Gasteiger charge is 2.51. The van der Waals surface area contributed by atoms with E-state index in [-0.39, 0.29) is 0 Å². The number of nitrogens with two attached hydrogens (primary N) is 1. The Hall–Kier alpha value is -2.19. The zero-order valence-electron chi connectivity index (χ0n) is 16.7. The second kappa shape index (κ2) is 7.33. The van der Waals surface area contributed by atoms with Crippen LogP contribution in [0.5, 0.6) is 0 Å². The number of nitrogen functional groups attached to an aromatic ring is 1. The van der Waals surface area contributed by atoms with Crippen LogP contribution in [-0.4, -0.2) is 40.0 Å². The van der Waals surface area contributed by atoms with Crippen LogP contribution < -0.4 is 5.73 Å². The Morgan fingerprint density at radius 3 is 2.50 bits per heavy atom. The van der Waals surface area contributed by atoms with Crippen LogP contribution in [0.2, 0.25) is 0 Å². The predicted octanol–water partition coefficient (Wildman–Crippen LogP) is 4.77. The van der Waals surface area contributed by atoms with Crippen molar-refractivity contribution in [3.8, 4) is 10.4 Å². The van der Waals surface area contributed by atoms with Gasteiger partial charge >= 0.3 is 6.09 Å². The summed E-state index contributed by atoms with van der Waals surface area (Å²) < 4.78 is 25.6. The molecule has 0 bridgehead atoms. The molecule has 1 aliphatic rings. The van der Waals surface area contributed by atoms with E-state index in [2.05, 4.69) is 4.98 Å². The first-order valence-corrected chi connectivity index (χ1v) is 9.91. The molecule has 0 aliphatic carbocycles. The molecule has 1 fully saturated rings. The van der Waals surface area contributed by atoms with Gasteiger partial charge in [0.05, 0.1) is 10.9 Å². The number of alkyl halides is 1. The highest BCUT2D eigenvalue weighted by molar-refractivity contribution is 7.18. The lowest BCUT2D eigenvalue weighted by molar-refractivity contribution is -0.0797. The number of nitrogens with zero attached hydrogens (tertiary/aromatic N) is 2. The van der Waals surface area contributed by atoms with Gasteiger partial charge in [0.25, 0.3) is 0 Å². The van der Waals surface area contributed by atoms with Crippen LogP contribution >= 0.6 is 11.3 Å². The van der Waals surface area contributed by atoms with E-state index < -0.39 is 36.2 Å². The van der Waals surface area contributed by atoms with Crippen LogP contribution in [0.15, 0.2) is 30.5 Å². The van der Waals surface area contributed by atoms with E-state index in [1.165, 1.54) is 16.2 Å². The Kier molecular flexibility index (Phi) is 5.38. The van der Waals surface area contributed by atoms with Crippen molar-refractivity contribution >= 4 is 22.6 Å². The third-order valence-corrected chi connectivity index (χ3v) is 5.35. The number of halogens is 1. The van der Waals surface area contributed by atoms with Gasteiger partial charge in [-0.25, -0.2) is 14.2 Å². The van der Waals surface area contributed by atoms with Gasteiger partial charge < -0.3 is 15.2 Å². The van der Waals surface area contributed by atoms with Crippen LogP contribution in [0.3, 0.4) is 0 Å². The number of aromatic nitrogens is 1. The molecular weight excluding hydrogens is 381 g/mol. The Morgan fingerprint density at radius 1 is 1.36 bits per heavy atom. The summed E-state index contributed by atoms with van der Waals surface area (Å²) in [5.41, 5.74) is 5.79. The first-order valence-electron chi connectivity index (χ1n) is 9.09. The van der Waals surface area contributed by atoms with Crippen molar-refractivity contribution in [3.63, 3.8) is 0 Å².